The number of hydrogen-bond acceptors (Lipinski definition) is 4. The normalized spacial score (nSPS) is 11.6. The van der Waals surface area contributed by atoms with Crippen molar-refractivity contribution in [1.29, 1.82) is 0 Å². The lowest BCUT2D eigenvalue weighted by Gasteiger charge is -2.31. The van der Waals surface area contributed by atoms with Crippen LogP contribution in [0.3, 0.4) is 0 Å². The van der Waals surface area contributed by atoms with Crippen LogP contribution in [0, 0.1) is 12.3 Å². The first-order valence-corrected chi connectivity index (χ1v) is 8.07. The second-order valence-electron chi connectivity index (χ2n) is 5.28. The number of likely N-dealkylation sites (N-methyl/N-ethyl adjacent to an activating group) is 1. The fourth-order valence-corrected chi connectivity index (χ4v) is 2.52. The molecule has 0 spiro atoms. The Kier molecular flexibility index (Phi) is 5.53. The van der Waals surface area contributed by atoms with E-state index in [-0.39, 0.29) is 17.0 Å². The highest BCUT2D eigenvalue weighted by Gasteiger charge is 2.35. The second-order valence-corrected chi connectivity index (χ2v) is 7.05. The van der Waals surface area contributed by atoms with Gasteiger partial charge in [0, 0.05) is 12.6 Å². The number of carboxylic acid groups (broad SMARTS) is 1. The van der Waals surface area contributed by atoms with Gasteiger partial charge in [-0.05, 0) is 38.1 Å². The van der Waals surface area contributed by atoms with Crippen LogP contribution in [0.4, 0.5) is 0 Å². The Morgan fingerprint density at radius 3 is 2.26 bits per heavy atom. The standard InChI is InChI=1S/C15H18N2O5S/c1-5-10-16-23(21,22)12-8-6-11(7-9-12)13(18)17(4)15(2,3)14(19)20/h1,6-9,16H,10H2,2-4H3,(H,19,20). The first-order chi connectivity index (χ1) is 10.5. The molecule has 0 heterocycles. The van der Waals surface area contributed by atoms with Gasteiger partial charge >= 0.3 is 5.97 Å². The molecule has 0 aromatic heterocycles. The minimum Gasteiger partial charge on any atom is -0.480 e. The van der Waals surface area contributed by atoms with E-state index < -0.39 is 27.4 Å². The van der Waals surface area contributed by atoms with E-state index in [1.807, 2.05) is 0 Å². The number of hydrogen-bond donors (Lipinski definition) is 2. The molecule has 1 aromatic carbocycles. The molecule has 0 aliphatic carbocycles. The molecule has 1 aromatic rings. The van der Waals surface area contributed by atoms with E-state index >= 15 is 0 Å². The third-order valence-corrected chi connectivity index (χ3v) is 4.86. The van der Waals surface area contributed by atoms with Gasteiger partial charge in [-0.3, -0.25) is 4.79 Å². The molecule has 0 aliphatic rings. The largest absolute Gasteiger partial charge is 0.480 e. The van der Waals surface area contributed by atoms with E-state index in [0.717, 1.165) is 4.90 Å². The molecule has 2 N–H and O–H groups in total. The number of carboxylic acids is 1. The molecule has 0 radical (unpaired) electrons. The summed E-state index contributed by atoms with van der Waals surface area (Å²) >= 11 is 0. The molecule has 0 unspecified atom stereocenters. The van der Waals surface area contributed by atoms with Gasteiger partial charge in [0.1, 0.15) is 5.54 Å². The summed E-state index contributed by atoms with van der Waals surface area (Å²) in [6.07, 6.45) is 5.00. The number of carbonyl (C=O) groups excluding carboxylic acids is 1. The summed E-state index contributed by atoms with van der Waals surface area (Å²) in [7, 11) is -2.37. The van der Waals surface area contributed by atoms with Gasteiger partial charge in [-0.1, -0.05) is 5.92 Å². The zero-order valence-corrected chi connectivity index (χ0v) is 13.8. The van der Waals surface area contributed by atoms with E-state index in [9.17, 15) is 18.0 Å². The molecule has 0 fully saturated rings. The molecule has 7 nitrogen and oxygen atoms in total. The Bertz CT molecular complexity index is 745. The SMILES string of the molecule is C#CCNS(=O)(=O)c1ccc(C(=O)N(C)C(C)(C)C(=O)O)cc1. The van der Waals surface area contributed by atoms with E-state index in [2.05, 4.69) is 10.6 Å². The fourth-order valence-electron chi connectivity index (χ4n) is 1.59. The highest BCUT2D eigenvalue weighted by molar-refractivity contribution is 7.89. The van der Waals surface area contributed by atoms with Gasteiger partial charge in [0.15, 0.2) is 0 Å². The summed E-state index contributed by atoms with van der Waals surface area (Å²) in [6, 6.07) is 5.16. The topological polar surface area (TPSA) is 104 Å². The predicted molar refractivity (Wildman–Crippen MR) is 84.3 cm³/mol. The Hall–Kier alpha value is -2.37. The number of nitrogens with one attached hydrogen (secondary N) is 1. The smallest absolute Gasteiger partial charge is 0.329 e. The van der Waals surface area contributed by atoms with Crippen molar-refractivity contribution >= 4 is 21.9 Å². The number of terminal acetylenes is 1. The summed E-state index contributed by atoms with van der Waals surface area (Å²) in [5, 5.41) is 9.14. The van der Waals surface area contributed by atoms with Crippen LogP contribution in [-0.2, 0) is 14.8 Å². The number of rotatable bonds is 6. The van der Waals surface area contributed by atoms with Crippen molar-refractivity contribution in [3.05, 3.63) is 29.8 Å². The van der Waals surface area contributed by atoms with Gasteiger partial charge in [-0.25, -0.2) is 13.2 Å². The quantitative estimate of drug-likeness (QED) is 0.737. The molecule has 23 heavy (non-hydrogen) atoms. The number of sulfonamides is 1. The van der Waals surface area contributed by atoms with Gasteiger partial charge in [0.05, 0.1) is 11.4 Å². The Balaban J connectivity index is 3.04. The van der Waals surface area contributed by atoms with Crippen molar-refractivity contribution in [2.75, 3.05) is 13.6 Å². The van der Waals surface area contributed by atoms with Gasteiger partial charge in [0.25, 0.3) is 5.91 Å². The molecule has 0 atom stereocenters. The lowest BCUT2D eigenvalue weighted by atomic mass is 10.0. The van der Waals surface area contributed by atoms with Crippen LogP contribution in [0.1, 0.15) is 24.2 Å². The minimum atomic E-state index is -3.74. The Labute approximate surface area is 135 Å². The van der Waals surface area contributed by atoms with E-state index in [4.69, 9.17) is 11.5 Å². The van der Waals surface area contributed by atoms with Crippen LogP contribution in [0.15, 0.2) is 29.2 Å². The highest BCUT2D eigenvalue weighted by atomic mass is 32.2. The molecular formula is C15H18N2O5S. The maximum Gasteiger partial charge on any atom is 0.329 e. The number of aliphatic carboxylic acids is 1. The lowest BCUT2D eigenvalue weighted by Crippen LogP contribution is -2.50. The summed E-state index contributed by atoms with van der Waals surface area (Å²) in [6.45, 7) is 2.66. The number of amides is 1. The molecule has 0 aliphatic heterocycles. The maximum atomic E-state index is 12.3. The zero-order chi connectivity index (χ0) is 17.8. The summed E-state index contributed by atoms with van der Waals surface area (Å²) in [5.41, 5.74) is -1.21. The molecule has 0 saturated heterocycles. The van der Waals surface area contributed by atoms with E-state index in [1.165, 1.54) is 45.2 Å². The van der Waals surface area contributed by atoms with Crippen molar-refractivity contribution in [2.24, 2.45) is 0 Å². The zero-order valence-electron chi connectivity index (χ0n) is 13.0. The van der Waals surface area contributed by atoms with Crippen molar-refractivity contribution in [3.63, 3.8) is 0 Å². The molecule has 124 valence electrons. The molecule has 8 heteroatoms. The summed E-state index contributed by atoms with van der Waals surface area (Å²) in [4.78, 5) is 24.5. The molecule has 0 saturated carbocycles. The van der Waals surface area contributed by atoms with Gasteiger partial charge in [-0.2, -0.15) is 4.72 Å². The van der Waals surface area contributed by atoms with E-state index in [0.29, 0.717) is 0 Å². The van der Waals surface area contributed by atoms with Gasteiger partial charge < -0.3 is 10.0 Å². The molecular weight excluding hydrogens is 320 g/mol. The minimum absolute atomic E-state index is 0.0375. The summed E-state index contributed by atoms with van der Waals surface area (Å²) < 4.78 is 25.9. The third-order valence-electron chi connectivity index (χ3n) is 3.44. The first kappa shape index (κ1) is 18.7. The van der Waals surface area contributed by atoms with Crippen LogP contribution in [0.25, 0.3) is 0 Å². The molecule has 0 bridgehead atoms. The first-order valence-electron chi connectivity index (χ1n) is 6.59. The predicted octanol–water partition coefficient (Wildman–Crippen LogP) is 0.533. The highest BCUT2D eigenvalue weighted by Crippen LogP contribution is 2.18. The monoisotopic (exact) mass is 338 g/mol. The second kappa shape index (κ2) is 6.81. The van der Waals surface area contributed by atoms with Gasteiger partial charge in [-0.15, -0.1) is 6.42 Å². The van der Waals surface area contributed by atoms with Crippen molar-refractivity contribution in [3.8, 4) is 12.3 Å². The van der Waals surface area contributed by atoms with Crippen LogP contribution in [0.5, 0.6) is 0 Å². The number of carbonyl (C=O) groups is 2. The average Bonchev–Trinajstić information content (AvgIpc) is 2.51. The van der Waals surface area contributed by atoms with Gasteiger partial charge in [0.2, 0.25) is 10.0 Å². The van der Waals surface area contributed by atoms with E-state index in [1.54, 1.807) is 0 Å². The van der Waals surface area contributed by atoms with Crippen molar-refractivity contribution in [1.82, 2.24) is 9.62 Å². The number of nitrogens with zero attached hydrogens (tertiary/aromatic N) is 1. The fraction of sp³-hybridized carbons (Fsp3) is 0.333. The van der Waals surface area contributed by atoms with Crippen molar-refractivity contribution < 1.29 is 23.1 Å². The van der Waals surface area contributed by atoms with Crippen LogP contribution in [0.2, 0.25) is 0 Å². The lowest BCUT2D eigenvalue weighted by molar-refractivity contribution is -0.147. The Morgan fingerprint density at radius 2 is 1.83 bits per heavy atom. The van der Waals surface area contributed by atoms with Crippen molar-refractivity contribution in [2.45, 2.75) is 24.3 Å². The average molecular weight is 338 g/mol. The van der Waals surface area contributed by atoms with Crippen LogP contribution < -0.4 is 4.72 Å². The maximum absolute atomic E-state index is 12.3. The Morgan fingerprint density at radius 1 is 1.30 bits per heavy atom. The third kappa shape index (κ3) is 4.09. The van der Waals surface area contributed by atoms with Crippen LogP contribution >= 0.6 is 0 Å². The van der Waals surface area contributed by atoms with Crippen LogP contribution in [-0.4, -0.2) is 49.4 Å². The summed E-state index contributed by atoms with van der Waals surface area (Å²) in [5.74, 6) is 0.482. The molecule has 1 amide bonds. The number of benzene rings is 1. The molecule has 1 rings (SSSR count).